The number of imidazole rings is 1. The zero-order chi connectivity index (χ0) is 38.0. The van der Waals surface area contributed by atoms with E-state index < -0.39 is 0 Å². The zero-order valence-corrected chi connectivity index (χ0v) is 32.5. The number of hydrogen-bond donors (Lipinski definition) is 0. The van der Waals surface area contributed by atoms with Crippen LogP contribution in [0.5, 0.6) is 11.5 Å². The van der Waals surface area contributed by atoms with Crippen LogP contribution in [0.15, 0.2) is 182 Å². The molecular formula is C51H32Li2N4O2+2. The van der Waals surface area contributed by atoms with E-state index in [9.17, 15) is 10.2 Å². The van der Waals surface area contributed by atoms with Gasteiger partial charge in [0.25, 0.3) is 0 Å². The van der Waals surface area contributed by atoms with Crippen molar-refractivity contribution in [1.82, 2.24) is 9.55 Å². The van der Waals surface area contributed by atoms with Crippen molar-refractivity contribution in [3.8, 4) is 62.0 Å². The topological polar surface area (TPSA) is 92.2 Å². The van der Waals surface area contributed by atoms with Crippen molar-refractivity contribution in [3.63, 3.8) is 0 Å². The molecule has 0 saturated heterocycles. The number of aromatic amines is 2. The first kappa shape index (κ1) is 37.9. The Kier molecular flexibility index (Phi) is 9.81. The van der Waals surface area contributed by atoms with Crippen molar-refractivity contribution in [2.45, 2.75) is 0 Å². The first-order valence-electron chi connectivity index (χ1n) is 19.0. The van der Waals surface area contributed by atoms with Crippen molar-refractivity contribution in [1.29, 1.82) is 0 Å². The summed E-state index contributed by atoms with van der Waals surface area (Å²) in [4.78, 5) is 11.5. The summed E-state index contributed by atoms with van der Waals surface area (Å²) < 4.78 is 2.20. The minimum atomic E-state index is -0.0758. The van der Waals surface area contributed by atoms with Crippen LogP contribution in [0.4, 0.5) is 0 Å². The summed E-state index contributed by atoms with van der Waals surface area (Å²) in [6, 6.07) is 57.1. The van der Waals surface area contributed by atoms with Crippen molar-refractivity contribution < 1.29 is 57.9 Å². The van der Waals surface area contributed by atoms with E-state index in [0.717, 1.165) is 82.7 Å². The Bertz CT molecular complexity index is 3390. The van der Waals surface area contributed by atoms with Gasteiger partial charge in [0.1, 0.15) is 5.82 Å². The fraction of sp³-hybridized carbons (Fsp3) is 0. The van der Waals surface area contributed by atoms with Crippen molar-refractivity contribution in [2.75, 3.05) is 0 Å². The number of para-hydroxylation sites is 3. The Balaban J connectivity index is 0.00000224. The molecule has 0 aliphatic rings. The van der Waals surface area contributed by atoms with E-state index in [4.69, 9.17) is 4.98 Å². The molecule has 0 radical (unpaired) electrons. The van der Waals surface area contributed by atoms with Crippen LogP contribution in [0.2, 0.25) is 0 Å². The van der Waals surface area contributed by atoms with Crippen LogP contribution in [0.25, 0.3) is 105 Å². The summed E-state index contributed by atoms with van der Waals surface area (Å²) in [5.41, 5.74) is 10.0. The van der Waals surface area contributed by atoms with Gasteiger partial charge in [-0.3, -0.25) is 4.57 Å². The predicted octanol–water partition coefficient (Wildman–Crippen LogP) is 4.09. The number of rotatable bonds is 5. The van der Waals surface area contributed by atoms with E-state index in [1.54, 1.807) is 12.4 Å². The number of nitrogens with zero attached hydrogens (tertiary/aromatic N) is 2. The second-order valence-corrected chi connectivity index (χ2v) is 14.4. The molecule has 6 nitrogen and oxygen atoms in total. The molecule has 8 heteroatoms. The Morgan fingerprint density at radius 2 is 0.966 bits per heavy atom. The molecule has 0 aliphatic carbocycles. The molecule has 11 aromatic rings. The number of H-pyrrole nitrogens is 2. The SMILES string of the molecule is [Li+].[Li+].[O-]c1c(-c2c3ccccc3c(-c3ccc4ccc[nH+]c4c3[O-])c3cc(-c4ccc(-c5nc6ccccc6n5-c5ccccc5)cc4)ccc23)ccc2ccc[nH+]c12. The van der Waals surface area contributed by atoms with E-state index in [2.05, 4.69) is 87.3 Å². The van der Waals surface area contributed by atoms with Crippen LogP contribution in [-0.4, -0.2) is 9.55 Å². The molecule has 0 unspecified atom stereocenters. The number of fused-ring (bicyclic) bond motifs is 5. The predicted molar refractivity (Wildman–Crippen MR) is 225 cm³/mol. The van der Waals surface area contributed by atoms with Gasteiger partial charge >= 0.3 is 37.7 Å². The Labute approximate surface area is 363 Å². The van der Waals surface area contributed by atoms with E-state index in [1.807, 2.05) is 97.1 Å². The van der Waals surface area contributed by atoms with Crippen LogP contribution in [0, 0.1) is 0 Å². The summed E-state index contributed by atoms with van der Waals surface area (Å²) >= 11 is 0. The first-order valence-corrected chi connectivity index (χ1v) is 19.0. The van der Waals surface area contributed by atoms with Gasteiger partial charge in [-0.05, 0) is 121 Å². The summed E-state index contributed by atoms with van der Waals surface area (Å²) in [7, 11) is 0. The van der Waals surface area contributed by atoms with E-state index >= 15 is 0 Å². The van der Waals surface area contributed by atoms with Gasteiger partial charge in [0, 0.05) is 34.2 Å². The second kappa shape index (κ2) is 15.3. The number of hydrogen-bond acceptors (Lipinski definition) is 3. The van der Waals surface area contributed by atoms with Gasteiger partial charge in [-0.15, -0.1) is 0 Å². The molecule has 3 aromatic heterocycles. The summed E-state index contributed by atoms with van der Waals surface area (Å²) in [5, 5.41) is 34.0. The summed E-state index contributed by atoms with van der Waals surface area (Å²) in [5.74, 6) is 0.717. The minimum Gasteiger partial charge on any atom is -0.868 e. The minimum absolute atomic E-state index is 0. The van der Waals surface area contributed by atoms with Gasteiger partial charge in [0.15, 0.2) is 12.4 Å². The van der Waals surface area contributed by atoms with Crippen molar-refractivity contribution >= 4 is 54.4 Å². The number of aromatic nitrogens is 4. The third kappa shape index (κ3) is 6.18. The van der Waals surface area contributed by atoms with Crippen LogP contribution >= 0.6 is 0 Å². The van der Waals surface area contributed by atoms with E-state index in [0.29, 0.717) is 22.2 Å². The summed E-state index contributed by atoms with van der Waals surface area (Å²) in [6.45, 7) is 0. The quantitative estimate of drug-likeness (QED) is 0.197. The largest absolute Gasteiger partial charge is 1.00 e. The van der Waals surface area contributed by atoms with Crippen LogP contribution < -0.4 is 57.9 Å². The molecular weight excluding hydrogens is 714 g/mol. The molecule has 3 heterocycles. The van der Waals surface area contributed by atoms with Gasteiger partial charge in [-0.25, -0.2) is 15.0 Å². The zero-order valence-electron chi connectivity index (χ0n) is 32.5. The average molecular weight is 747 g/mol. The maximum atomic E-state index is 14.4. The van der Waals surface area contributed by atoms with E-state index in [-0.39, 0.29) is 49.2 Å². The molecule has 0 atom stereocenters. The molecule has 0 saturated carbocycles. The number of pyridine rings is 2. The van der Waals surface area contributed by atoms with Crippen LogP contribution in [0.3, 0.4) is 0 Å². The Morgan fingerprint density at radius 1 is 0.441 bits per heavy atom. The Hall–Kier alpha value is -6.64. The smallest absolute Gasteiger partial charge is 0.868 e. The van der Waals surface area contributed by atoms with Gasteiger partial charge in [0.05, 0.1) is 11.0 Å². The standard InChI is InChI=1S/C51H32N4O2.2Li/c56-49-40(26-22-32-10-8-28-52-47(32)49)45-37-14-4-5-15-38(37)46(41-27-23-33-11-9-29-53-48(33)50(41)57)42-30-35(24-25-39(42)45)31-18-20-34(21-19-31)51-54-43-16-6-7-17-44(43)55(51)36-12-2-1-3-13-36;;/h1-30,56-57H;;/q;2*+1. The third-order valence-electron chi connectivity index (χ3n) is 11.2. The second-order valence-electron chi connectivity index (χ2n) is 14.4. The normalized spacial score (nSPS) is 11.3. The molecule has 11 rings (SSSR count). The van der Waals surface area contributed by atoms with Gasteiger partial charge in [-0.2, -0.15) is 0 Å². The van der Waals surface area contributed by atoms with Crippen molar-refractivity contribution in [2.24, 2.45) is 0 Å². The number of nitrogens with one attached hydrogen (secondary N) is 2. The summed E-state index contributed by atoms with van der Waals surface area (Å²) in [6.07, 6.45) is 3.57. The third-order valence-corrected chi connectivity index (χ3v) is 11.2. The first-order chi connectivity index (χ1) is 28.1. The van der Waals surface area contributed by atoms with Gasteiger partial charge in [-0.1, -0.05) is 103 Å². The molecule has 59 heavy (non-hydrogen) atoms. The van der Waals surface area contributed by atoms with Crippen LogP contribution in [-0.2, 0) is 0 Å². The average Bonchev–Trinajstić information content (AvgIpc) is 3.67. The van der Waals surface area contributed by atoms with Crippen LogP contribution in [0.1, 0.15) is 0 Å². The maximum Gasteiger partial charge on any atom is 1.00 e. The maximum absolute atomic E-state index is 14.4. The Morgan fingerprint density at radius 3 is 1.61 bits per heavy atom. The number of benzene rings is 8. The molecule has 2 N–H and O–H groups in total. The van der Waals surface area contributed by atoms with Gasteiger partial charge in [0.2, 0.25) is 11.0 Å². The molecule has 0 aliphatic heterocycles. The molecule has 0 fully saturated rings. The monoisotopic (exact) mass is 746 g/mol. The van der Waals surface area contributed by atoms with Crippen molar-refractivity contribution in [3.05, 3.63) is 182 Å². The molecule has 268 valence electrons. The molecule has 8 aromatic carbocycles. The molecule has 0 amide bonds. The van der Waals surface area contributed by atoms with E-state index in [1.165, 1.54) is 0 Å². The fourth-order valence-electron chi connectivity index (χ4n) is 8.54. The fourth-order valence-corrected chi connectivity index (χ4v) is 8.54. The molecule has 0 spiro atoms. The van der Waals surface area contributed by atoms with Gasteiger partial charge < -0.3 is 10.2 Å². The molecule has 0 bridgehead atoms.